The number of nitrogens with zero attached hydrogens (tertiary/aromatic N) is 1. The van der Waals surface area contributed by atoms with Crippen molar-refractivity contribution in [1.29, 1.82) is 0 Å². The van der Waals surface area contributed by atoms with Crippen molar-refractivity contribution in [3.63, 3.8) is 0 Å². The molecule has 28 heavy (non-hydrogen) atoms. The maximum absolute atomic E-state index is 13.2. The van der Waals surface area contributed by atoms with Gasteiger partial charge in [0.05, 0.1) is 4.83 Å². The quantitative estimate of drug-likeness (QED) is 0.709. The number of amides is 2. The van der Waals surface area contributed by atoms with Crippen LogP contribution in [0.2, 0.25) is 0 Å². The van der Waals surface area contributed by atoms with Gasteiger partial charge in [-0.1, -0.05) is 58.4 Å². The molecular formula is C23H27BrN2O2. The summed E-state index contributed by atoms with van der Waals surface area (Å²) in [4.78, 5) is 27.1. The van der Waals surface area contributed by atoms with Gasteiger partial charge in [-0.25, -0.2) is 0 Å². The fourth-order valence-corrected chi connectivity index (χ4v) is 4.29. The van der Waals surface area contributed by atoms with Crippen LogP contribution in [0, 0.1) is 6.92 Å². The van der Waals surface area contributed by atoms with Crippen LogP contribution in [-0.4, -0.2) is 28.7 Å². The monoisotopic (exact) mass is 442 g/mol. The number of hydrogen-bond acceptors (Lipinski definition) is 2. The lowest BCUT2D eigenvalue weighted by Crippen LogP contribution is -2.48. The Balaban J connectivity index is 2.05. The second-order valence-electron chi connectivity index (χ2n) is 8.45. The molecule has 2 aromatic carbocycles. The molecule has 148 valence electrons. The van der Waals surface area contributed by atoms with Crippen molar-refractivity contribution in [3.05, 3.63) is 65.2 Å². The summed E-state index contributed by atoms with van der Waals surface area (Å²) in [5.41, 5.74) is 3.79. The first-order chi connectivity index (χ1) is 13.2. The predicted octanol–water partition coefficient (Wildman–Crippen LogP) is 4.54. The molecule has 2 aromatic rings. The number of benzene rings is 2. The van der Waals surface area contributed by atoms with Crippen LogP contribution in [0.4, 0.5) is 5.69 Å². The second-order valence-corrected chi connectivity index (χ2v) is 9.56. The third-order valence-corrected chi connectivity index (χ3v) is 5.61. The number of carbonyl (C=O) groups is 2. The van der Waals surface area contributed by atoms with Gasteiger partial charge in [-0.05, 0) is 56.9 Å². The summed E-state index contributed by atoms with van der Waals surface area (Å²) in [6.07, 6.45) is 0.649. The number of fused-ring (bicyclic) bond motifs is 1. The highest BCUT2D eigenvalue weighted by Crippen LogP contribution is 2.41. The Hall–Kier alpha value is -2.14. The molecule has 0 bridgehead atoms. The van der Waals surface area contributed by atoms with Crippen molar-refractivity contribution in [2.24, 2.45) is 0 Å². The lowest BCUT2D eigenvalue weighted by atomic mass is 9.87. The first-order valence-electron chi connectivity index (χ1n) is 9.57. The highest BCUT2D eigenvalue weighted by molar-refractivity contribution is 9.10. The summed E-state index contributed by atoms with van der Waals surface area (Å²) in [6, 6.07) is 16.4. The van der Waals surface area contributed by atoms with E-state index < -0.39 is 0 Å². The number of alkyl halides is 1. The molecule has 0 saturated heterocycles. The number of rotatable bonds is 3. The van der Waals surface area contributed by atoms with Gasteiger partial charge in [0.15, 0.2) is 0 Å². The molecule has 3 rings (SSSR count). The molecule has 4 nitrogen and oxygen atoms in total. The molecule has 0 fully saturated rings. The number of aryl methyl sites for hydroxylation is 1. The van der Waals surface area contributed by atoms with Gasteiger partial charge in [0.1, 0.15) is 6.54 Å². The van der Waals surface area contributed by atoms with Gasteiger partial charge in [0.2, 0.25) is 11.8 Å². The summed E-state index contributed by atoms with van der Waals surface area (Å²) in [5, 5.41) is 2.96. The van der Waals surface area contributed by atoms with Crippen LogP contribution in [0.5, 0.6) is 0 Å². The molecule has 0 aliphatic carbocycles. The number of anilines is 1. The zero-order valence-corrected chi connectivity index (χ0v) is 18.4. The zero-order valence-electron chi connectivity index (χ0n) is 16.8. The predicted molar refractivity (Wildman–Crippen MR) is 117 cm³/mol. The molecule has 0 spiro atoms. The number of hydrogen-bond donors (Lipinski definition) is 1. The Morgan fingerprint density at radius 3 is 2.50 bits per heavy atom. The third-order valence-electron chi connectivity index (χ3n) is 4.85. The number of halogens is 1. The topological polar surface area (TPSA) is 49.4 Å². The summed E-state index contributed by atoms with van der Waals surface area (Å²) >= 11 is 3.59. The molecule has 2 amide bonds. The summed E-state index contributed by atoms with van der Waals surface area (Å²) in [6.45, 7) is 7.83. The molecule has 0 unspecified atom stereocenters. The zero-order chi connectivity index (χ0) is 20.5. The molecular weight excluding hydrogens is 416 g/mol. The van der Waals surface area contributed by atoms with E-state index in [1.165, 1.54) is 5.56 Å². The smallest absolute Gasteiger partial charge is 0.241 e. The van der Waals surface area contributed by atoms with Gasteiger partial charge < -0.3 is 10.2 Å². The van der Waals surface area contributed by atoms with Gasteiger partial charge in [-0.3, -0.25) is 9.59 Å². The highest BCUT2D eigenvalue weighted by Gasteiger charge is 2.35. The van der Waals surface area contributed by atoms with E-state index in [1.807, 2.05) is 52.0 Å². The fraction of sp³-hybridized carbons (Fsp3) is 0.391. The standard InChI is InChI=1S/C23H27BrN2O2/c1-15-10-11-17-18(16-8-6-5-7-9-16)13-19(24)22(28)26(20(17)12-15)14-21(27)25-23(2,3)4/h5-12,18-19H,13-14H2,1-4H3,(H,25,27)/t18-,19+/m1/s1. The minimum absolute atomic E-state index is 0.0101. The minimum Gasteiger partial charge on any atom is -0.350 e. The van der Waals surface area contributed by atoms with Crippen LogP contribution in [0.1, 0.15) is 49.8 Å². The van der Waals surface area contributed by atoms with E-state index in [9.17, 15) is 9.59 Å². The maximum Gasteiger partial charge on any atom is 0.241 e. The number of nitrogens with one attached hydrogen (secondary N) is 1. The van der Waals surface area contributed by atoms with Crippen molar-refractivity contribution >= 4 is 33.4 Å². The molecule has 0 aromatic heterocycles. The third kappa shape index (κ3) is 4.64. The highest BCUT2D eigenvalue weighted by atomic mass is 79.9. The maximum atomic E-state index is 13.2. The lowest BCUT2D eigenvalue weighted by molar-refractivity contribution is -0.124. The molecule has 2 atom stereocenters. The Labute approximate surface area is 175 Å². The van der Waals surface area contributed by atoms with Crippen molar-refractivity contribution < 1.29 is 9.59 Å². The van der Waals surface area contributed by atoms with Crippen LogP contribution in [0.15, 0.2) is 48.5 Å². The average molecular weight is 443 g/mol. The molecule has 5 heteroatoms. The Kier molecular flexibility index (Phi) is 5.94. The molecule has 1 heterocycles. The van der Waals surface area contributed by atoms with Crippen molar-refractivity contribution in [3.8, 4) is 0 Å². The number of carbonyl (C=O) groups excluding carboxylic acids is 2. The summed E-state index contributed by atoms with van der Waals surface area (Å²) in [5.74, 6) is -0.152. The molecule has 0 radical (unpaired) electrons. The van der Waals surface area contributed by atoms with Crippen LogP contribution in [0.3, 0.4) is 0 Å². The van der Waals surface area contributed by atoms with Crippen molar-refractivity contribution in [2.45, 2.75) is 50.4 Å². The van der Waals surface area contributed by atoms with Gasteiger partial charge in [-0.2, -0.15) is 0 Å². The SMILES string of the molecule is Cc1ccc2c(c1)N(CC(=O)NC(C)(C)C)C(=O)[C@@H](Br)C[C@@H]2c1ccccc1. The van der Waals surface area contributed by atoms with Gasteiger partial charge >= 0.3 is 0 Å². The first kappa shape index (κ1) is 20.6. The Morgan fingerprint density at radius 1 is 1.18 bits per heavy atom. The van der Waals surface area contributed by atoms with Crippen molar-refractivity contribution in [2.75, 3.05) is 11.4 Å². The van der Waals surface area contributed by atoms with Crippen LogP contribution < -0.4 is 10.2 Å². The second kappa shape index (κ2) is 8.08. The normalized spacial score (nSPS) is 19.8. The van der Waals surface area contributed by atoms with E-state index in [1.54, 1.807) is 4.90 Å². The summed E-state index contributed by atoms with van der Waals surface area (Å²) < 4.78 is 0. The molecule has 1 N–H and O–H groups in total. The Morgan fingerprint density at radius 2 is 1.86 bits per heavy atom. The van der Waals surface area contributed by atoms with E-state index in [4.69, 9.17) is 0 Å². The van der Waals surface area contributed by atoms with E-state index in [-0.39, 0.29) is 34.6 Å². The molecule has 1 aliphatic heterocycles. The van der Waals surface area contributed by atoms with Crippen LogP contribution >= 0.6 is 15.9 Å². The fourth-order valence-electron chi connectivity index (χ4n) is 3.67. The van der Waals surface area contributed by atoms with Gasteiger partial charge in [0.25, 0.3) is 0 Å². The van der Waals surface area contributed by atoms with Crippen molar-refractivity contribution in [1.82, 2.24) is 5.32 Å². The van der Waals surface area contributed by atoms with Gasteiger partial charge in [-0.15, -0.1) is 0 Å². The van der Waals surface area contributed by atoms with Crippen LogP contribution in [0.25, 0.3) is 0 Å². The van der Waals surface area contributed by atoms with E-state index in [2.05, 4.69) is 45.5 Å². The van der Waals surface area contributed by atoms with E-state index in [0.29, 0.717) is 6.42 Å². The largest absolute Gasteiger partial charge is 0.350 e. The van der Waals surface area contributed by atoms with E-state index >= 15 is 0 Å². The minimum atomic E-state index is -0.354. The first-order valence-corrected chi connectivity index (χ1v) is 10.5. The summed E-state index contributed by atoms with van der Waals surface area (Å²) in [7, 11) is 0. The van der Waals surface area contributed by atoms with Gasteiger partial charge in [0, 0.05) is 17.1 Å². The van der Waals surface area contributed by atoms with Crippen LogP contribution in [-0.2, 0) is 9.59 Å². The average Bonchev–Trinajstić information content (AvgIpc) is 2.71. The van der Waals surface area contributed by atoms with E-state index in [0.717, 1.165) is 16.8 Å². The molecule has 0 saturated carbocycles. The Bertz CT molecular complexity index is 874. The lowest BCUT2D eigenvalue weighted by Gasteiger charge is -2.27. The molecule has 1 aliphatic rings.